The predicted molar refractivity (Wildman–Crippen MR) is 124 cm³/mol. The lowest BCUT2D eigenvalue weighted by Gasteiger charge is -2.21. The standard InChI is InChI=1S/C27H20FNO6/c1-32-19-8-7-16-22(25(30)15-5-3-4-6-18(15)28)24-17-12-21-20(34-13-35-21)11-14(17)9-10-29(24)27(31)23(16)26(19)33-2/h3-8,11-12H,9-10,13H2,1-2H3/p+1. The molecule has 35 heavy (non-hydrogen) atoms. The van der Waals surface area contributed by atoms with Gasteiger partial charge in [0.1, 0.15) is 16.8 Å². The van der Waals surface area contributed by atoms with Crippen LogP contribution in [-0.4, -0.2) is 31.9 Å². The number of rotatable bonds is 4. The Morgan fingerprint density at radius 3 is 2.57 bits per heavy atom. The summed E-state index contributed by atoms with van der Waals surface area (Å²) in [6, 6.07) is 12.9. The van der Waals surface area contributed by atoms with Crippen LogP contribution in [0.2, 0.25) is 0 Å². The number of aryl methyl sites for hydroxylation is 1. The van der Waals surface area contributed by atoms with Crippen LogP contribution in [0.4, 0.5) is 4.39 Å². The third-order valence-electron chi connectivity index (χ3n) is 6.60. The van der Waals surface area contributed by atoms with Gasteiger partial charge < -0.3 is 24.1 Å². The lowest BCUT2D eigenvalue weighted by Crippen LogP contribution is -2.42. The number of halogens is 1. The Morgan fingerprint density at radius 2 is 1.83 bits per heavy atom. The zero-order valence-electron chi connectivity index (χ0n) is 19.1. The van der Waals surface area contributed by atoms with Crippen molar-refractivity contribution >= 4 is 16.6 Å². The lowest BCUT2D eigenvalue weighted by molar-refractivity contribution is -0.692. The Hall–Kier alpha value is -4.33. The normalized spacial score (nSPS) is 13.3. The molecule has 0 fully saturated rings. The van der Waals surface area contributed by atoms with Crippen LogP contribution in [0.1, 0.15) is 21.5 Å². The van der Waals surface area contributed by atoms with Crippen molar-refractivity contribution in [3.8, 4) is 40.1 Å². The Labute approximate surface area is 199 Å². The van der Waals surface area contributed by atoms with Crippen molar-refractivity contribution in [2.75, 3.05) is 21.0 Å². The number of ether oxygens (including phenoxy) is 4. The molecule has 0 saturated carbocycles. The number of hydrogen-bond acceptors (Lipinski definition) is 6. The predicted octanol–water partition coefficient (Wildman–Crippen LogP) is 4.17. The van der Waals surface area contributed by atoms with Gasteiger partial charge in [-0.05, 0) is 42.0 Å². The number of carbonyl (C=O) groups is 1. The summed E-state index contributed by atoms with van der Waals surface area (Å²) < 4.78 is 38.6. The average Bonchev–Trinajstić information content (AvgIpc) is 3.34. The first-order valence-corrected chi connectivity index (χ1v) is 11.1. The summed E-state index contributed by atoms with van der Waals surface area (Å²) in [7, 11) is 2.96. The third kappa shape index (κ3) is 3.02. The first-order chi connectivity index (χ1) is 17.0. The fourth-order valence-electron chi connectivity index (χ4n) is 5.01. The fraction of sp³-hybridized carbons (Fsp3) is 0.185. The number of nitrogens with zero attached hydrogens (tertiary/aromatic N) is 1. The van der Waals surface area contributed by atoms with E-state index in [0.717, 1.165) is 5.56 Å². The van der Waals surface area contributed by atoms with Crippen molar-refractivity contribution < 1.29 is 37.8 Å². The van der Waals surface area contributed by atoms with Gasteiger partial charge in [0.05, 0.1) is 25.3 Å². The van der Waals surface area contributed by atoms with E-state index >= 15 is 0 Å². The van der Waals surface area contributed by atoms with Gasteiger partial charge >= 0.3 is 5.88 Å². The number of fused-ring (bicyclic) bond motifs is 5. The second kappa shape index (κ2) is 7.87. The van der Waals surface area contributed by atoms with Crippen LogP contribution in [0.15, 0.2) is 48.5 Å². The van der Waals surface area contributed by atoms with E-state index in [1.54, 1.807) is 22.8 Å². The van der Waals surface area contributed by atoms with Crippen molar-refractivity contribution in [3.63, 3.8) is 0 Å². The highest BCUT2D eigenvalue weighted by molar-refractivity contribution is 6.20. The highest BCUT2D eigenvalue weighted by Gasteiger charge is 2.39. The SMILES string of the molecule is COc1ccc2c(C(=O)c3ccccc3F)c3[n+](c(O)c2c1OC)CCc1cc2c(cc1-3)OCO2. The van der Waals surface area contributed by atoms with Crippen molar-refractivity contribution in [1.29, 1.82) is 0 Å². The van der Waals surface area contributed by atoms with Crippen LogP contribution in [0.3, 0.4) is 0 Å². The van der Waals surface area contributed by atoms with E-state index in [0.29, 0.717) is 52.2 Å². The molecule has 2 aliphatic rings. The van der Waals surface area contributed by atoms with Crippen LogP contribution in [0.5, 0.6) is 28.9 Å². The largest absolute Gasteiger partial charge is 0.493 e. The van der Waals surface area contributed by atoms with E-state index in [-0.39, 0.29) is 29.5 Å². The monoisotopic (exact) mass is 474 g/mol. The molecule has 3 aromatic carbocycles. The highest BCUT2D eigenvalue weighted by atomic mass is 19.1. The lowest BCUT2D eigenvalue weighted by atomic mass is 9.87. The summed E-state index contributed by atoms with van der Waals surface area (Å²) in [6.07, 6.45) is 0.586. The Bertz CT molecular complexity index is 1550. The van der Waals surface area contributed by atoms with Crippen molar-refractivity contribution in [2.45, 2.75) is 13.0 Å². The quantitative estimate of drug-likeness (QED) is 0.353. The van der Waals surface area contributed by atoms with Gasteiger partial charge in [0, 0.05) is 11.8 Å². The summed E-state index contributed by atoms with van der Waals surface area (Å²) in [5.41, 5.74) is 2.33. The maximum absolute atomic E-state index is 14.8. The molecule has 8 heteroatoms. The summed E-state index contributed by atoms with van der Waals surface area (Å²) >= 11 is 0. The molecule has 6 rings (SSSR count). The average molecular weight is 474 g/mol. The van der Waals surface area contributed by atoms with Gasteiger partial charge in [-0.1, -0.05) is 12.1 Å². The number of pyridine rings is 1. The number of hydrogen-bond donors (Lipinski definition) is 1. The molecule has 0 spiro atoms. The fourth-order valence-corrected chi connectivity index (χ4v) is 5.01. The first kappa shape index (κ1) is 21.2. The minimum atomic E-state index is -0.625. The van der Waals surface area contributed by atoms with E-state index in [4.69, 9.17) is 18.9 Å². The summed E-state index contributed by atoms with van der Waals surface area (Å²) in [6.45, 7) is 0.501. The van der Waals surface area contributed by atoms with Crippen LogP contribution < -0.4 is 23.5 Å². The Morgan fingerprint density at radius 1 is 1.06 bits per heavy atom. The molecule has 1 N–H and O–H groups in total. The number of carbonyl (C=O) groups excluding carboxylic acids is 1. The van der Waals surface area contributed by atoms with Gasteiger partial charge in [-0.25, -0.2) is 4.39 Å². The van der Waals surface area contributed by atoms with E-state index in [1.165, 1.54) is 32.4 Å². The molecule has 3 heterocycles. The summed E-state index contributed by atoms with van der Waals surface area (Å²) in [5.74, 6) is 0.675. The van der Waals surface area contributed by atoms with Crippen molar-refractivity contribution in [3.05, 3.63) is 71.0 Å². The molecule has 176 valence electrons. The van der Waals surface area contributed by atoms with Crippen molar-refractivity contribution in [2.24, 2.45) is 0 Å². The minimum absolute atomic E-state index is 0.0649. The van der Waals surface area contributed by atoms with Crippen LogP contribution >= 0.6 is 0 Å². The molecule has 2 aliphatic heterocycles. The van der Waals surface area contributed by atoms with Gasteiger partial charge in [-0.2, -0.15) is 4.57 Å². The molecule has 0 bridgehead atoms. The Kier molecular flexibility index (Phi) is 4.77. The van der Waals surface area contributed by atoms with Gasteiger partial charge in [0.15, 0.2) is 29.5 Å². The number of benzene rings is 3. The molecule has 0 aliphatic carbocycles. The smallest absolute Gasteiger partial charge is 0.378 e. The number of aromatic nitrogens is 1. The van der Waals surface area contributed by atoms with Gasteiger partial charge in [-0.3, -0.25) is 4.79 Å². The molecule has 1 aromatic heterocycles. The zero-order valence-corrected chi connectivity index (χ0v) is 19.1. The van der Waals surface area contributed by atoms with Gasteiger partial charge in [0.2, 0.25) is 18.3 Å². The van der Waals surface area contributed by atoms with E-state index in [2.05, 4.69) is 0 Å². The minimum Gasteiger partial charge on any atom is -0.493 e. The molecular weight excluding hydrogens is 453 g/mol. The molecule has 0 atom stereocenters. The number of ketones is 1. The van der Waals surface area contributed by atoms with Gasteiger partial charge in [-0.15, -0.1) is 0 Å². The molecule has 0 unspecified atom stereocenters. The van der Waals surface area contributed by atoms with Crippen LogP contribution in [0.25, 0.3) is 22.0 Å². The molecular formula is C27H21FNO6+. The third-order valence-corrected chi connectivity index (χ3v) is 6.60. The molecule has 7 nitrogen and oxygen atoms in total. The molecule has 0 radical (unpaired) electrons. The van der Waals surface area contributed by atoms with Gasteiger partial charge in [0.25, 0.3) is 0 Å². The topological polar surface area (TPSA) is 78.1 Å². The summed E-state index contributed by atoms with van der Waals surface area (Å²) in [5, 5.41) is 12.2. The highest BCUT2D eigenvalue weighted by Crippen LogP contribution is 2.46. The zero-order chi connectivity index (χ0) is 24.3. The first-order valence-electron chi connectivity index (χ1n) is 11.1. The number of methoxy groups -OCH3 is 2. The van der Waals surface area contributed by atoms with E-state index in [1.807, 2.05) is 12.1 Å². The molecule has 0 saturated heterocycles. The maximum atomic E-state index is 14.8. The second-order valence-corrected chi connectivity index (χ2v) is 8.34. The van der Waals surface area contributed by atoms with Crippen LogP contribution in [-0.2, 0) is 13.0 Å². The Balaban J connectivity index is 1.76. The maximum Gasteiger partial charge on any atom is 0.378 e. The summed E-state index contributed by atoms with van der Waals surface area (Å²) in [4.78, 5) is 14.0. The van der Waals surface area contributed by atoms with Crippen LogP contribution in [0, 0.1) is 5.82 Å². The molecule has 0 amide bonds. The van der Waals surface area contributed by atoms with E-state index in [9.17, 15) is 14.3 Å². The van der Waals surface area contributed by atoms with Crippen molar-refractivity contribution in [1.82, 2.24) is 0 Å². The molecule has 4 aromatic rings. The second-order valence-electron chi connectivity index (χ2n) is 8.34. The number of aromatic hydroxyl groups is 1. The van der Waals surface area contributed by atoms with E-state index < -0.39 is 11.6 Å².